The van der Waals surface area contributed by atoms with Crippen molar-refractivity contribution in [3.05, 3.63) is 60.2 Å². The number of H-pyrrole nitrogens is 1. The number of piperazine rings is 1. The first kappa shape index (κ1) is 28.7. The second kappa shape index (κ2) is 11.2. The van der Waals surface area contributed by atoms with Gasteiger partial charge in [0.2, 0.25) is 11.9 Å². The fourth-order valence-electron chi connectivity index (χ4n) is 5.36. The fraction of sp³-hybridized carbons (Fsp3) is 0.345. The largest absolute Gasteiger partial charge is 0.359 e. The second-order valence-corrected chi connectivity index (χ2v) is 12.7. The van der Waals surface area contributed by atoms with Crippen LogP contribution in [0.5, 0.6) is 0 Å². The molecule has 3 heterocycles. The number of para-hydroxylation sites is 1. The Morgan fingerprint density at radius 1 is 1.17 bits per heavy atom. The number of carbonyl (C=O) groups excluding carboxylic acids is 1. The fourth-order valence-corrected chi connectivity index (χ4v) is 6.12. The zero-order valence-electron chi connectivity index (χ0n) is 23.7. The monoisotopic (exact) mass is 579 g/mol. The van der Waals surface area contributed by atoms with E-state index in [0.717, 1.165) is 47.9 Å². The number of carbonyl (C=O) groups is 1. The summed E-state index contributed by atoms with van der Waals surface area (Å²) in [5.74, 6) is -0.856. The van der Waals surface area contributed by atoms with Crippen molar-refractivity contribution in [2.75, 3.05) is 43.6 Å². The summed E-state index contributed by atoms with van der Waals surface area (Å²) >= 11 is 0. The van der Waals surface area contributed by atoms with Gasteiger partial charge in [-0.25, -0.2) is 22.8 Å². The van der Waals surface area contributed by atoms with E-state index in [1.165, 1.54) is 18.2 Å². The summed E-state index contributed by atoms with van der Waals surface area (Å²) in [4.78, 5) is 29.5. The molecule has 0 aliphatic carbocycles. The molecule has 0 radical (unpaired) electrons. The van der Waals surface area contributed by atoms with Crippen molar-refractivity contribution in [2.24, 2.45) is 0 Å². The van der Waals surface area contributed by atoms with Crippen LogP contribution in [0.3, 0.4) is 0 Å². The number of nitrogens with zero attached hydrogens (tertiary/aromatic N) is 4. The van der Waals surface area contributed by atoms with Crippen LogP contribution in [0.1, 0.15) is 19.4 Å². The van der Waals surface area contributed by atoms with Gasteiger partial charge < -0.3 is 20.5 Å². The molecule has 1 aliphatic heterocycles. The molecule has 2 aromatic carbocycles. The topological polar surface area (TPSA) is 123 Å². The van der Waals surface area contributed by atoms with Crippen LogP contribution < -0.4 is 10.6 Å². The number of aromatic nitrogens is 3. The molecule has 1 saturated heterocycles. The van der Waals surface area contributed by atoms with E-state index >= 15 is 0 Å². The highest BCUT2D eigenvalue weighted by molar-refractivity contribution is 7.90. The Labute approximate surface area is 238 Å². The van der Waals surface area contributed by atoms with Crippen LogP contribution in [0.4, 0.5) is 21.7 Å². The van der Waals surface area contributed by atoms with E-state index in [0.29, 0.717) is 11.4 Å². The maximum Gasteiger partial charge on any atom is 0.241 e. The van der Waals surface area contributed by atoms with E-state index in [1.54, 1.807) is 6.20 Å². The third-order valence-corrected chi connectivity index (χ3v) is 8.68. The standard InChI is InChI=1S/C29H34FN7O3S/c1-17-14-32-29(34-22-9-7-11-24(25(22)30)41(5,39)40)35-26(17)21-15-31-27-20(21)8-6-10-23(27)33-28(38)19(3)37-13-12-36(4)16-18(37)2/h6-11,14-15,18-19,31H,12-13,16H2,1-5H3,(H,33,38)(H,32,34,35)/t18-,19?/m1/s1. The van der Waals surface area contributed by atoms with Gasteiger partial charge in [-0.3, -0.25) is 9.69 Å². The number of halogens is 1. The molecular weight excluding hydrogens is 545 g/mol. The zero-order chi connectivity index (χ0) is 29.5. The van der Waals surface area contributed by atoms with Gasteiger partial charge >= 0.3 is 0 Å². The number of rotatable bonds is 7. The van der Waals surface area contributed by atoms with Crippen molar-refractivity contribution in [3.63, 3.8) is 0 Å². The van der Waals surface area contributed by atoms with Crippen LogP contribution in [0, 0.1) is 12.7 Å². The molecule has 0 saturated carbocycles. The highest BCUT2D eigenvalue weighted by Crippen LogP contribution is 2.34. The van der Waals surface area contributed by atoms with Crippen molar-refractivity contribution in [2.45, 2.75) is 37.8 Å². The van der Waals surface area contributed by atoms with Crippen LogP contribution in [-0.2, 0) is 14.6 Å². The molecule has 1 unspecified atom stereocenters. The maximum absolute atomic E-state index is 14.9. The zero-order valence-corrected chi connectivity index (χ0v) is 24.5. The van der Waals surface area contributed by atoms with Crippen molar-refractivity contribution in [1.29, 1.82) is 0 Å². The molecule has 0 spiro atoms. The number of sulfone groups is 1. The molecular formula is C29H34FN7O3S. The Morgan fingerprint density at radius 3 is 2.63 bits per heavy atom. The highest BCUT2D eigenvalue weighted by atomic mass is 32.2. The molecule has 4 aromatic rings. The minimum atomic E-state index is -3.75. The normalized spacial score (nSPS) is 17.5. The summed E-state index contributed by atoms with van der Waals surface area (Å²) in [7, 11) is -1.65. The van der Waals surface area contributed by atoms with Crippen LogP contribution in [0.2, 0.25) is 0 Å². The Hall–Kier alpha value is -3.87. The summed E-state index contributed by atoms with van der Waals surface area (Å²) in [6, 6.07) is 9.75. The molecule has 216 valence electrons. The first-order valence-corrected chi connectivity index (χ1v) is 15.3. The Bertz CT molecular complexity index is 1720. The molecule has 2 aromatic heterocycles. The third kappa shape index (κ3) is 5.81. The average Bonchev–Trinajstić information content (AvgIpc) is 3.35. The Balaban J connectivity index is 1.42. The van der Waals surface area contributed by atoms with Gasteiger partial charge in [0.05, 0.1) is 28.6 Å². The van der Waals surface area contributed by atoms with Crippen LogP contribution in [0.15, 0.2) is 53.7 Å². The van der Waals surface area contributed by atoms with Crippen LogP contribution in [0.25, 0.3) is 22.2 Å². The number of amides is 1. The maximum atomic E-state index is 14.9. The number of hydrogen-bond donors (Lipinski definition) is 3. The van der Waals surface area contributed by atoms with E-state index in [4.69, 9.17) is 0 Å². The van der Waals surface area contributed by atoms with Gasteiger partial charge in [-0.1, -0.05) is 18.2 Å². The van der Waals surface area contributed by atoms with Gasteiger partial charge in [-0.05, 0) is 51.6 Å². The second-order valence-electron chi connectivity index (χ2n) is 10.7. The molecule has 2 atom stereocenters. The third-order valence-electron chi connectivity index (χ3n) is 7.57. The van der Waals surface area contributed by atoms with Crippen molar-refractivity contribution in [3.8, 4) is 11.3 Å². The summed E-state index contributed by atoms with van der Waals surface area (Å²) in [6.45, 7) is 8.61. The van der Waals surface area contributed by atoms with E-state index in [-0.39, 0.29) is 29.6 Å². The van der Waals surface area contributed by atoms with Gasteiger partial charge in [0.1, 0.15) is 4.90 Å². The first-order valence-electron chi connectivity index (χ1n) is 13.4. The summed E-state index contributed by atoms with van der Waals surface area (Å²) in [5.41, 5.74) is 3.55. The van der Waals surface area contributed by atoms with E-state index in [2.05, 4.69) is 49.4 Å². The molecule has 41 heavy (non-hydrogen) atoms. The van der Waals surface area contributed by atoms with Gasteiger partial charge in [-0.15, -0.1) is 0 Å². The predicted octanol–water partition coefficient (Wildman–Crippen LogP) is 4.18. The van der Waals surface area contributed by atoms with Gasteiger partial charge in [0, 0.05) is 55.3 Å². The Morgan fingerprint density at radius 2 is 1.90 bits per heavy atom. The minimum Gasteiger partial charge on any atom is -0.359 e. The number of hydrogen-bond acceptors (Lipinski definition) is 8. The lowest BCUT2D eigenvalue weighted by Gasteiger charge is -2.41. The summed E-state index contributed by atoms with van der Waals surface area (Å²) in [5, 5.41) is 6.76. The number of likely N-dealkylation sites (N-methyl/N-ethyl adjacent to an activating group) is 1. The van der Waals surface area contributed by atoms with Crippen molar-refractivity contribution in [1.82, 2.24) is 24.8 Å². The molecule has 1 aliphatic rings. The number of benzene rings is 2. The smallest absolute Gasteiger partial charge is 0.241 e. The molecule has 1 fully saturated rings. The summed E-state index contributed by atoms with van der Waals surface area (Å²) < 4.78 is 38.8. The average molecular weight is 580 g/mol. The van der Waals surface area contributed by atoms with Gasteiger partial charge in [-0.2, -0.15) is 0 Å². The van der Waals surface area contributed by atoms with Crippen molar-refractivity contribution >= 4 is 44.0 Å². The molecule has 12 heteroatoms. The summed E-state index contributed by atoms with van der Waals surface area (Å²) in [6.07, 6.45) is 4.39. The first-order chi connectivity index (χ1) is 19.4. The van der Waals surface area contributed by atoms with Crippen LogP contribution >= 0.6 is 0 Å². The molecule has 0 bridgehead atoms. The van der Waals surface area contributed by atoms with Crippen molar-refractivity contribution < 1.29 is 17.6 Å². The highest BCUT2D eigenvalue weighted by Gasteiger charge is 2.30. The van der Waals surface area contributed by atoms with E-state index < -0.39 is 20.5 Å². The lowest BCUT2D eigenvalue weighted by atomic mass is 10.1. The van der Waals surface area contributed by atoms with E-state index in [1.807, 2.05) is 38.2 Å². The molecule has 3 N–H and O–H groups in total. The van der Waals surface area contributed by atoms with E-state index in [9.17, 15) is 17.6 Å². The molecule has 1 amide bonds. The molecule has 10 nitrogen and oxygen atoms in total. The number of nitrogens with one attached hydrogen (secondary N) is 3. The van der Waals surface area contributed by atoms with Gasteiger partial charge in [0.25, 0.3) is 0 Å². The number of aromatic amines is 1. The van der Waals surface area contributed by atoms with Gasteiger partial charge in [0.15, 0.2) is 15.7 Å². The Kier molecular flexibility index (Phi) is 7.82. The number of fused-ring (bicyclic) bond motifs is 1. The van der Waals surface area contributed by atoms with Crippen LogP contribution in [-0.4, -0.2) is 84.1 Å². The lowest BCUT2D eigenvalue weighted by molar-refractivity contribution is -0.122. The predicted molar refractivity (Wildman–Crippen MR) is 159 cm³/mol. The number of anilines is 3. The SMILES string of the molecule is Cc1cnc(Nc2cccc(S(C)(=O)=O)c2F)nc1-c1c[nH]c2c(NC(=O)C(C)N3CCN(C)C[C@H]3C)cccc12. The minimum absolute atomic E-state index is 0.0459. The quantitative estimate of drug-likeness (QED) is 0.298. The lowest BCUT2D eigenvalue weighted by Crippen LogP contribution is -2.56. The molecule has 5 rings (SSSR count). The number of aryl methyl sites for hydroxylation is 1.